The molecule has 0 aliphatic heterocycles. The summed E-state index contributed by atoms with van der Waals surface area (Å²) < 4.78 is 5.03. The summed E-state index contributed by atoms with van der Waals surface area (Å²) in [6, 6.07) is 6.73. The highest BCUT2D eigenvalue weighted by atomic mass is 32.1. The fourth-order valence-electron chi connectivity index (χ4n) is 2.36. The summed E-state index contributed by atoms with van der Waals surface area (Å²) in [5.74, 6) is -0.0678. The van der Waals surface area contributed by atoms with Crippen LogP contribution in [0.25, 0.3) is 21.5 Å². The molecule has 2 heterocycles. The number of aromatic nitrogens is 2. The summed E-state index contributed by atoms with van der Waals surface area (Å²) in [5.41, 5.74) is 8.12. The third-order valence-corrected chi connectivity index (χ3v) is 4.36. The van der Waals surface area contributed by atoms with Gasteiger partial charge in [-0.2, -0.15) is 0 Å². The van der Waals surface area contributed by atoms with Crippen LogP contribution in [-0.4, -0.2) is 27.7 Å². The third kappa shape index (κ3) is 2.83. The number of aromatic hydroxyl groups is 1. The number of rotatable bonds is 3. The molecule has 0 saturated heterocycles. The molecule has 2 aromatic heterocycles. The third-order valence-electron chi connectivity index (χ3n) is 3.35. The second-order valence-electron chi connectivity index (χ2n) is 4.98. The van der Waals surface area contributed by atoms with Gasteiger partial charge in [-0.15, -0.1) is 11.3 Å². The number of fused-ring (bicyclic) bond motifs is 1. The Balaban J connectivity index is 2.22. The number of thiophene rings is 1. The Morgan fingerprint density at radius 3 is 2.83 bits per heavy atom. The summed E-state index contributed by atoms with van der Waals surface area (Å²) in [5, 5.41) is 10.3. The molecule has 0 unspecified atom stereocenters. The number of carbonyl (C=O) groups is 1. The normalized spacial score (nSPS) is 10.9. The van der Waals surface area contributed by atoms with Gasteiger partial charge in [0, 0.05) is 10.9 Å². The average molecular weight is 329 g/mol. The van der Waals surface area contributed by atoms with Crippen molar-refractivity contribution in [3.05, 3.63) is 34.7 Å². The lowest BCUT2D eigenvalue weighted by molar-refractivity contribution is 0.0532. The quantitative estimate of drug-likeness (QED) is 0.716. The maximum atomic E-state index is 11.9. The first-order chi connectivity index (χ1) is 11.0. The van der Waals surface area contributed by atoms with E-state index >= 15 is 0 Å². The van der Waals surface area contributed by atoms with Crippen LogP contribution < -0.4 is 5.73 Å². The van der Waals surface area contributed by atoms with E-state index in [0.717, 1.165) is 16.5 Å². The Kier molecular flexibility index (Phi) is 3.87. The molecule has 0 bridgehead atoms. The fourth-order valence-corrected chi connectivity index (χ4v) is 3.29. The van der Waals surface area contributed by atoms with Gasteiger partial charge in [-0.1, -0.05) is 0 Å². The maximum Gasteiger partial charge on any atom is 0.348 e. The summed E-state index contributed by atoms with van der Waals surface area (Å²) in [4.78, 5) is 21.5. The van der Waals surface area contributed by atoms with E-state index in [1.165, 1.54) is 11.3 Å². The fraction of sp³-hybridized carbons (Fsp3) is 0.188. The molecule has 3 aromatic rings. The van der Waals surface area contributed by atoms with Gasteiger partial charge in [0.1, 0.15) is 15.5 Å². The van der Waals surface area contributed by atoms with Gasteiger partial charge in [0.25, 0.3) is 0 Å². The lowest BCUT2D eigenvalue weighted by Gasteiger charge is -2.07. The molecule has 0 amide bonds. The van der Waals surface area contributed by atoms with Gasteiger partial charge in [-0.05, 0) is 43.7 Å². The molecule has 0 aliphatic carbocycles. The van der Waals surface area contributed by atoms with Crippen LogP contribution in [0, 0.1) is 6.92 Å². The number of hydrogen-bond donors (Lipinski definition) is 2. The van der Waals surface area contributed by atoms with Crippen molar-refractivity contribution >= 4 is 33.5 Å². The predicted octanol–water partition coefficient (Wildman–Crippen LogP) is 3.13. The van der Waals surface area contributed by atoms with E-state index < -0.39 is 0 Å². The zero-order valence-electron chi connectivity index (χ0n) is 12.7. The SMILES string of the molecule is CCOC(=O)c1cc2c(-c3ccc(O)cc3C)nc(N)nc2s1. The van der Waals surface area contributed by atoms with Crippen LogP contribution in [0.3, 0.4) is 0 Å². The molecule has 0 fully saturated rings. The van der Waals surface area contributed by atoms with Crippen LogP contribution in [0.2, 0.25) is 0 Å². The lowest BCUT2D eigenvalue weighted by atomic mass is 10.0. The molecule has 0 saturated carbocycles. The Morgan fingerprint density at radius 1 is 1.35 bits per heavy atom. The van der Waals surface area contributed by atoms with Gasteiger partial charge in [0.2, 0.25) is 5.95 Å². The van der Waals surface area contributed by atoms with Crippen molar-refractivity contribution in [3.8, 4) is 17.0 Å². The molecule has 3 N–H and O–H groups in total. The van der Waals surface area contributed by atoms with Crippen molar-refractivity contribution in [3.63, 3.8) is 0 Å². The van der Waals surface area contributed by atoms with Gasteiger partial charge in [0.05, 0.1) is 12.3 Å². The van der Waals surface area contributed by atoms with Crippen molar-refractivity contribution < 1.29 is 14.6 Å². The maximum absolute atomic E-state index is 11.9. The number of nitrogens with two attached hydrogens (primary N) is 1. The van der Waals surface area contributed by atoms with Gasteiger partial charge < -0.3 is 15.6 Å². The number of anilines is 1. The number of hydrogen-bond acceptors (Lipinski definition) is 7. The number of esters is 1. The molecular weight excluding hydrogens is 314 g/mol. The Hall–Kier alpha value is -2.67. The Labute approximate surface area is 136 Å². The highest BCUT2D eigenvalue weighted by molar-refractivity contribution is 7.20. The Bertz CT molecular complexity index is 905. The molecule has 6 nitrogen and oxygen atoms in total. The number of carbonyl (C=O) groups excluding carboxylic acids is 1. The minimum absolute atomic E-state index is 0.136. The number of aryl methyl sites for hydroxylation is 1. The largest absolute Gasteiger partial charge is 0.508 e. The highest BCUT2D eigenvalue weighted by Gasteiger charge is 2.18. The minimum Gasteiger partial charge on any atom is -0.508 e. The highest BCUT2D eigenvalue weighted by Crippen LogP contribution is 2.35. The summed E-state index contributed by atoms with van der Waals surface area (Å²) >= 11 is 1.22. The van der Waals surface area contributed by atoms with Gasteiger partial charge >= 0.3 is 5.97 Å². The first-order valence-electron chi connectivity index (χ1n) is 7.03. The molecule has 0 atom stereocenters. The van der Waals surface area contributed by atoms with Crippen molar-refractivity contribution in [1.82, 2.24) is 9.97 Å². The van der Waals surface area contributed by atoms with Crippen molar-refractivity contribution in [2.75, 3.05) is 12.3 Å². The van der Waals surface area contributed by atoms with Crippen LogP contribution in [0.1, 0.15) is 22.2 Å². The zero-order chi connectivity index (χ0) is 16.6. The van der Waals surface area contributed by atoms with E-state index in [-0.39, 0.29) is 17.7 Å². The van der Waals surface area contributed by atoms with Crippen molar-refractivity contribution in [2.45, 2.75) is 13.8 Å². The zero-order valence-corrected chi connectivity index (χ0v) is 13.5. The van der Waals surface area contributed by atoms with E-state index in [4.69, 9.17) is 10.5 Å². The number of phenolic OH excluding ortho intramolecular Hbond substituents is 1. The molecular formula is C16H15N3O3S. The standard InChI is InChI=1S/C16H15N3O3S/c1-3-22-15(21)12-7-11-13(18-16(17)19-14(11)23-12)10-5-4-9(20)6-8(10)2/h4-7,20H,3H2,1-2H3,(H2,17,18,19). The van der Waals surface area contributed by atoms with E-state index in [0.29, 0.717) is 22.0 Å². The van der Waals surface area contributed by atoms with Crippen molar-refractivity contribution in [2.24, 2.45) is 0 Å². The molecule has 23 heavy (non-hydrogen) atoms. The first kappa shape index (κ1) is 15.2. The van der Waals surface area contributed by atoms with E-state index in [1.807, 2.05) is 6.92 Å². The number of nitrogen functional groups attached to an aromatic ring is 1. The topological polar surface area (TPSA) is 98.3 Å². The first-order valence-corrected chi connectivity index (χ1v) is 7.85. The summed E-state index contributed by atoms with van der Waals surface area (Å²) in [7, 11) is 0. The predicted molar refractivity (Wildman–Crippen MR) is 89.6 cm³/mol. The number of phenols is 1. The Morgan fingerprint density at radius 2 is 2.13 bits per heavy atom. The smallest absolute Gasteiger partial charge is 0.348 e. The molecule has 0 spiro atoms. The van der Waals surface area contributed by atoms with Gasteiger partial charge in [-0.25, -0.2) is 14.8 Å². The van der Waals surface area contributed by atoms with Gasteiger partial charge in [-0.3, -0.25) is 0 Å². The number of benzene rings is 1. The van der Waals surface area contributed by atoms with Crippen LogP contribution in [0.5, 0.6) is 5.75 Å². The van der Waals surface area contributed by atoms with Crippen molar-refractivity contribution in [1.29, 1.82) is 0 Å². The van der Waals surface area contributed by atoms with Crippen LogP contribution >= 0.6 is 11.3 Å². The second kappa shape index (κ2) is 5.85. The second-order valence-corrected chi connectivity index (χ2v) is 6.01. The van der Waals surface area contributed by atoms with E-state index in [1.54, 1.807) is 31.2 Å². The van der Waals surface area contributed by atoms with Crippen LogP contribution in [0.4, 0.5) is 5.95 Å². The molecule has 3 rings (SSSR count). The minimum atomic E-state index is -0.387. The molecule has 1 aromatic carbocycles. The van der Waals surface area contributed by atoms with Gasteiger partial charge in [0.15, 0.2) is 0 Å². The molecule has 118 valence electrons. The molecule has 0 radical (unpaired) electrons. The lowest BCUT2D eigenvalue weighted by Crippen LogP contribution is -2.01. The summed E-state index contributed by atoms with van der Waals surface area (Å²) in [6.45, 7) is 3.94. The number of ether oxygens (including phenoxy) is 1. The summed E-state index contributed by atoms with van der Waals surface area (Å²) in [6.07, 6.45) is 0. The molecule has 0 aliphatic rings. The van der Waals surface area contributed by atoms with E-state index in [9.17, 15) is 9.90 Å². The van der Waals surface area contributed by atoms with Crippen LogP contribution in [0.15, 0.2) is 24.3 Å². The monoisotopic (exact) mass is 329 g/mol. The van der Waals surface area contributed by atoms with E-state index in [2.05, 4.69) is 9.97 Å². The average Bonchev–Trinajstić information content (AvgIpc) is 2.91. The van der Waals surface area contributed by atoms with Crippen LogP contribution in [-0.2, 0) is 4.74 Å². The molecule has 7 heteroatoms. The number of nitrogens with zero attached hydrogens (tertiary/aromatic N) is 2.